The molecule has 128 valence electrons. The van der Waals surface area contributed by atoms with Crippen molar-refractivity contribution in [1.82, 2.24) is 0 Å². The second-order valence-corrected chi connectivity index (χ2v) is 11.3. The van der Waals surface area contributed by atoms with Gasteiger partial charge >= 0.3 is 23.1 Å². The smallest absolute Gasteiger partial charge is 0.207 e. The summed E-state index contributed by atoms with van der Waals surface area (Å²) in [6.45, 7) is 20.3. The Balaban J connectivity index is 0.000000436. The van der Waals surface area contributed by atoms with Crippen molar-refractivity contribution in [3.63, 3.8) is 0 Å². The molecule has 0 radical (unpaired) electrons. The summed E-state index contributed by atoms with van der Waals surface area (Å²) in [7, 11) is -0.244. The number of rotatable bonds is 1. The van der Waals surface area contributed by atoms with E-state index >= 15 is 0 Å². The van der Waals surface area contributed by atoms with Crippen LogP contribution in [0.15, 0.2) is 36.4 Å². The minimum atomic E-state index is -0.244. The fourth-order valence-corrected chi connectivity index (χ4v) is 3.23. The first-order valence-corrected chi connectivity index (χ1v) is 11.1. The molecule has 0 nitrogen and oxygen atoms in total. The van der Waals surface area contributed by atoms with E-state index in [9.17, 15) is 0 Å². The van der Waals surface area contributed by atoms with E-state index in [0.717, 1.165) is 0 Å². The van der Waals surface area contributed by atoms with E-state index in [2.05, 4.69) is 104 Å². The summed E-state index contributed by atoms with van der Waals surface area (Å²) in [6, 6.07) is 13.4. The third-order valence-corrected chi connectivity index (χ3v) is 4.78. The first-order chi connectivity index (χ1) is 10.4. The van der Waals surface area contributed by atoms with Gasteiger partial charge in [0, 0.05) is 0 Å². The van der Waals surface area contributed by atoms with Crippen LogP contribution in [0.25, 0.3) is 0 Å². The maximum Gasteiger partial charge on any atom is 2.00 e. The molecule has 0 amide bonds. The number of hydrogen-bond donors (Lipinski definition) is 0. The largest absolute Gasteiger partial charge is 2.00 e. The van der Waals surface area contributed by atoms with Crippen LogP contribution in [-0.4, -0.2) is 37.1 Å². The molecule has 0 saturated carbocycles. The van der Waals surface area contributed by atoms with Crippen LogP contribution in [-0.2, 0) is 10.8 Å². The third-order valence-electron chi connectivity index (χ3n) is 3.87. The Morgan fingerprint density at radius 2 is 1.29 bits per heavy atom. The molecule has 0 unspecified atom stereocenters. The van der Waals surface area contributed by atoms with Crippen LogP contribution in [0, 0.1) is 6.92 Å². The minimum Gasteiger partial charge on any atom is -0.207 e. The molecule has 0 N–H and O–H groups in total. The monoisotopic (exact) mass is 350 g/mol. The summed E-state index contributed by atoms with van der Waals surface area (Å²) >= 11 is 0. The zero-order valence-corrected chi connectivity index (χ0v) is 19.7. The third kappa shape index (κ3) is 8.09. The average Bonchev–Trinajstić information content (AvgIpc) is 2.96. The van der Waals surface area contributed by atoms with Crippen LogP contribution in [0.3, 0.4) is 0 Å². The van der Waals surface area contributed by atoms with Crippen LogP contribution in [0.1, 0.15) is 63.8 Å². The van der Waals surface area contributed by atoms with E-state index in [-0.39, 0.29) is 31.5 Å². The summed E-state index contributed by atoms with van der Waals surface area (Å²) in [5.41, 5.74) is 8.66. The number of aryl methyl sites for hydroxylation is 1. The maximum absolute atomic E-state index is 2.40. The van der Waals surface area contributed by atoms with Crippen molar-refractivity contribution in [3.8, 4) is 0 Å². The summed E-state index contributed by atoms with van der Waals surface area (Å²) in [5.74, 6) is 0. The van der Waals surface area contributed by atoms with Gasteiger partial charge in [-0.15, -0.1) is 12.1 Å². The van der Waals surface area contributed by atoms with Gasteiger partial charge in [-0.2, -0.15) is 46.1 Å². The Hall–Kier alpha value is -0.447. The molecular weight excluding hydrogens is 317 g/mol. The molecule has 0 bridgehead atoms. The van der Waals surface area contributed by atoms with Crippen LogP contribution in [0.4, 0.5) is 0 Å². The first-order valence-electron chi connectivity index (χ1n) is 8.55. The van der Waals surface area contributed by atoms with Crippen molar-refractivity contribution >= 4 is 37.1 Å². The quantitative estimate of drug-likeness (QED) is 0.449. The molecule has 0 aromatic heterocycles. The Morgan fingerprint density at radius 3 is 1.58 bits per heavy atom. The van der Waals surface area contributed by atoms with Gasteiger partial charge in [0.05, 0.1) is 0 Å². The van der Waals surface area contributed by atoms with Gasteiger partial charge in [-0.05, 0) is 8.41 Å². The molecule has 2 aromatic rings. The molecular formula is C22H34MgSi. The predicted octanol–water partition coefficient (Wildman–Crippen LogP) is 5.82. The van der Waals surface area contributed by atoms with E-state index in [0.29, 0.717) is 10.8 Å². The predicted molar refractivity (Wildman–Crippen MR) is 115 cm³/mol. The van der Waals surface area contributed by atoms with Gasteiger partial charge in [-0.25, -0.2) is 6.07 Å². The molecule has 24 heavy (non-hydrogen) atoms. The van der Waals surface area contributed by atoms with Gasteiger partial charge in [0.15, 0.2) is 0 Å². The molecule has 2 heteroatoms. The second kappa shape index (κ2) is 9.31. The summed E-state index contributed by atoms with van der Waals surface area (Å²) in [4.78, 5) is 0. The zero-order chi connectivity index (χ0) is 17.8. The van der Waals surface area contributed by atoms with Crippen LogP contribution < -0.4 is 0 Å². The van der Waals surface area contributed by atoms with E-state index in [1.807, 2.05) is 0 Å². The van der Waals surface area contributed by atoms with Crippen LogP contribution in [0.5, 0.6) is 0 Å². The van der Waals surface area contributed by atoms with Crippen molar-refractivity contribution in [2.24, 2.45) is 0 Å². The van der Waals surface area contributed by atoms with Gasteiger partial charge in [0.2, 0.25) is 0 Å². The van der Waals surface area contributed by atoms with Crippen molar-refractivity contribution in [2.45, 2.75) is 72.4 Å². The molecule has 0 atom stereocenters. The summed E-state index contributed by atoms with van der Waals surface area (Å²) in [5, 5.41) is 0. The fourth-order valence-electron chi connectivity index (χ4n) is 2.38. The topological polar surface area (TPSA) is 0 Å². The summed E-state index contributed by atoms with van der Waals surface area (Å²) in [6.07, 6.45) is 0. The molecule has 0 saturated heterocycles. The van der Waals surface area contributed by atoms with Crippen molar-refractivity contribution in [1.29, 1.82) is 0 Å². The van der Waals surface area contributed by atoms with Gasteiger partial charge in [-0.3, -0.25) is 0 Å². The van der Waals surface area contributed by atoms with Gasteiger partial charge < -0.3 is 0 Å². The van der Waals surface area contributed by atoms with E-state index in [4.69, 9.17) is 0 Å². The standard InChI is InChI=1S/C12H19Si.C10H15.Mg/c1-12(2,3)11-7-6-10(8-11)9-13(4)5;1-8-5-6-9(7-8)10(2,3)4;/h6-9H,1-5H3;5-7H,1-4H3;/q2*-1;+2. The van der Waals surface area contributed by atoms with Crippen molar-refractivity contribution < 1.29 is 0 Å². The minimum absolute atomic E-state index is 0. The van der Waals surface area contributed by atoms with Crippen LogP contribution >= 0.6 is 0 Å². The Kier molecular flexibility index (Phi) is 9.13. The SMILES string of the molecule is C[Si](C)=Cc1cc(C(C)(C)C)c[cH-]1.Cc1cc(C(C)(C)C)c[cH-]1.[Mg+2]. The van der Waals surface area contributed by atoms with Gasteiger partial charge in [0.25, 0.3) is 0 Å². The molecule has 0 heterocycles. The van der Waals surface area contributed by atoms with E-state index < -0.39 is 0 Å². The van der Waals surface area contributed by atoms with Gasteiger partial charge in [0.1, 0.15) is 0 Å². The average molecular weight is 351 g/mol. The zero-order valence-electron chi connectivity index (χ0n) is 17.2. The molecule has 0 aliphatic carbocycles. The Bertz CT molecular complexity index is 638. The Labute approximate surface area is 167 Å². The fraction of sp³-hybridized carbons (Fsp3) is 0.500. The van der Waals surface area contributed by atoms with Crippen LogP contribution in [0.2, 0.25) is 13.1 Å². The molecule has 0 spiro atoms. The molecule has 2 aromatic carbocycles. The van der Waals surface area contributed by atoms with E-state index in [1.54, 1.807) is 0 Å². The van der Waals surface area contributed by atoms with Crippen molar-refractivity contribution in [2.75, 3.05) is 0 Å². The molecule has 2 rings (SSSR count). The van der Waals surface area contributed by atoms with Gasteiger partial charge in [-0.1, -0.05) is 72.4 Å². The second-order valence-electron chi connectivity index (χ2n) is 8.83. The summed E-state index contributed by atoms with van der Waals surface area (Å²) < 4.78 is 0. The normalized spacial score (nSPS) is 11.2. The van der Waals surface area contributed by atoms with Crippen molar-refractivity contribution in [3.05, 3.63) is 58.7 Å². The molecule has 0 aliphatic heterocycles. The first kappa shape index (κ1) is 23.6. The molecule has 0 aliphatic rings. The maximum atomic E-state index is 2.40. The Morgan fingerprint density at radius 1 is 0.833 bits per heavy atom. The molecule has 0 fully saturated rings. The number of hydrogen-bond acceptors (Lipinski definition) is 0. The van der Waals surface area contributed by atoms with E-state index in [1.165, 1.54) is 22.3 Å².